The van der Waals surface area contributed by atoms with E-state index in [0.29, 0.717) is 0 Å². The Balaban J connectivity index is 1.88. The fourth-order valence-corrected chi connectivity index (χ4v) is 2.51. The van der Waals surface area contributed by atoms with Crippen LogP contribution in [-0.2, 0) is 4.74 Å². The van der Waals surface area contributed by atoms with Crippen LogP contribution in [0.2, 0.25) is 0 Å². The highest BCUT2D eigenvalue weighted by molar-refractivity contribution is 5.93. The van der Waals surface area contributed by atoms with Crippen molar-refractivity contribution in [2.75, 3.05) is 0 Å². The lowest BCUT2D eigenvalue weighted by Gasteiger charge is -2.32. The van der Waals surface area contributed by atoms with Gasteiger partial charge in [0, 0.05) is 17.7 Å². The van der Waals surface area contributed by atoms with Crippen LogP contribution in [0.3, 0.4) is 0 Å². The molecule has 2 nitrogen and oxygen atoms in total. The maximum atomic E-state index is 6.02. The van der Waals surface area contributed by atoms with Gasteiger partial charge in [-0.1, -0.05) is 36.4 Å². The summed E-state index contributed by atoms with van der Waals surface area (Å²) in [5, 5.41) is 2.41. The van der Waals surface area contributed by atoms with Crippen LogP contribution in [0.4, 0.5) is 0 Å². The van der Waals surface area contributed by atoms with Crippen molar-refractivity contribution in [1.29, 1.82) is 0 Å². The Labute approximate surface area is 111 Å². The summed E-state index contributed by atoms with van der Waals surface area (Å²) >= 11 is 0. The van der Waals surface area contributed by atoms with Gasteiger partial charge in [0.05, 0.1) is 6.26 Å². The first-order valence-corrected chi connectivity index (χ1v) is 6.29. The molecule has 2 aliphatic rings. The van der Waals surface area contributed by atoms with E-state index in [4.69, 9.17) is 9.47 Å². The normalized spacial score (nSPS) is 23.2. The van der Waals surface area contributed by atoms with E-state index in [1.165, 1.54) is 10.8 Å². The summed E-state index contributed by atoms with van der Waals surface area (Å²) in [6.07, 6.45) is 11.3. The molecule has 0 fully saturated rings. The van der Waals surface area contributed by atoms with E-state index in [2.05, 4.69) is 24.3 Å². The monoisotopic (exact) mass is 248 g/mol. The molecular weight excluding hydrogens is 236 g/mol. The molecule has 0 aromatic heterocycles. The maximum absolute atomic E-state index is 6.02. The van der Waals surface area contributed by atoms with Gasteiger partial charge in [0.25, 0.3) is 5.79 Å². The molecule has 1 unspecified atom stereocenters. The van der Waals surface area contributed by atoms with Crippen LogP contribution in [0, 0.1) is 0 Å². The van der Waals surface area contributed by atoms with Gasteiger partial charge >= 0.3 is 0 Å². The zero-order chi connectivity index (χ0) is 12.7. The van der Waals surface area contributed by atoms with Crippen LogP contribution in [0.1, 0.15) is 5.56 Å². The van der Waals surface area contributed by atoms with Crippen LogP contribution >= 0.6 is 0 Å². The molecule has 2 aliphatic heterocycles. The summed E-state index contributed by atoms with van der Waals surface area (Å²) in [7, 11) is 0. The topological polar surface area (TPSA) is 18.5 Å². The Kier molecular flexibility index (Phi) is 2.06. The number of hydrogen-bond acceptors (Lipinski definition) is 2. The third kappa shape index (κ3) is 1.57. The molecule has 4 rings (SSSR count). The van der Waals surface area contributed by atoms with E-state index in [0.717, 1.165) is 11.3 Å². The van der Waals surface area contributed by atoms with Gasteiger partial charge in [0.2, 0.25) is 0 Å². The molecule has 0 aliphatic carbocycles. The number of rotatable bonds is 0. The average molecular weight is 248 g/mol. The summed E-state index contributed by atoms with van der Waals surface area (Å²) in [4.78, 5) is 0. The van der Waals surface area contributed by atoms with Gasteiger partial charge in [-0.2, -0.15) is 0 Å². The lowest BCUT2D eigenvalue weighted by Crippen LogP contribution is -2.35. The van der Waals surface area contributed by atoms with Crippen molar-refractivity contribution in [2.45, 2.75) is 5.79 Å². The third-order valence-electron chi connectivity index (χ3n) is 3.45. The number of hydrogen-bond donors (Lipinski definition) is 0. The van der Waals surface area contributed by atoms with Crippen molar-refractivity contribution in [2.24, 2.45) is 0 Å². The predicted octanol–water partition coefficient (Wildman–Crippen LogP) is 4.04. The van der Waals surface area contributed by atoms with E-state index < -0.39 is 5.79 Å². The first-order chi connectivity index (χ1) is 9.36. The molecule has 1 spiro atoms. The molecule has 92 valence electrons. The van der Waals surface area contributed by atoms with Gasteiger partial charge in [0.1, 0.15) is 5.75 Å². The van der Waals surface area contributed by atoms with Gasteiger partial charge < -0.3 is 9.47 Å². The molecule has 19 heavy (non-hydrogen) atoms. The van der Waals surface area contributed by atoms with Gasteiger partial charge in [-0.3, -0.25) is 0 Å². The van der Waals surface area contributed by atoms with E-state index in [-0.39, 0.29) is 0 Å². The molecule has 0 radical (unpaired) electrons. The fourth-order valence-electron chi connectivity index (χ4n) is 2.51. The quantitative estimate of drug-likeness (QED) is 0.700. The summed E-state index contributed by atoms with van der Waals surface area (Å²) in [6, 6.07) is 12.4. The van der Waals surface area contributed by atoms with E-state index in [1.54, 1.807) is 6.26 Å². The van der Waals surface area contributed by atoms with E-state index in [9.17, 15) is 0 Å². The zero-order valence-electron chi connectivity index (χ0n) is 10.2. The molecule has 1 atom stereocenters. The Bertz CT molecular complexity index is 740. The summed E-state index contributed by atoms with van der Waals surface area (Å²) in [5.74, 6) is 0.0608. The molecule has 2 heteroatoms. The molecule has 0 amide bonds. The summed E-state index contributed by atoms with van der Waals surface area (Å²) in [5.41, 5.74) is 1.11. The number of benzene rings is 2. The largest absolute Gasteiger partial charge is 0.453 e. The minimum Gasteiger partial charge on any atom is -0.453 e. The second kappa shape index (κ2) is 3.75. The highest BCUT2D eigenvalue weighted by Gasteiger charge is 2.32. The van der Waals surface area contributed by atoms with Gasteiger partial charge in [0.15, 0.2) is 0 Å². The second-order valence-electron chi connectivity index (χ2n) is 4.66. The third-order valence-corrected chi connectivity index (χ3v) is 3.45. The van der Waals surface area contributed by atoms with Crippen LogP contribution in [-0.4, -0.2) is 5.79 Å². The summed E-state index contributed by atoms with van der Waals surface area (Å²) < 4.78 is 11.6. The van der Waals surface area contributed by atoms with Crippen molar-refractivity contribution >= 4 is 16.8 Å². The minimum atomic E-state index is -0.787. The smallest absolute Gasteiger partial charge is 0.291 e. The van der Waals surface area contributed by atoms with Crippen LogP contribution in [0.5, 0.6) is 5.75 Å². The number of ether oxygens (including phenoxy) is 2. The Morgan fingerprint density at radius 2 is 1.84 bits per heavy atom. The molecule has 2 heterocycles. The molecule has 0 N–H and O–H groups in total. The molecule has 0 saturated carbocycles. The molecule has 2 aromatic rings. The Hall–Kier alpha value is -2.48. The van der Waals surface area contributed by atoms with Gasteiger partial charge in [-0.15, -0.1) is 0 Å². The highest BCUT2D eigenvalue weighted by Crippen LogP contribution is 2.37. The highest BCUT2D eigenvalue weighted by atomic mass is 16.7. The Morgan fingerprint density at radius 1 is 0.895 bits per heavy atom. The zero-order valence-corrected chi connectivity index (χ0v) is 10.2. The molecule has 0 bridgehead atoms. The molecule has 0 saturated heterocycles. The van der Waals surface area contributed by atoms with Gasteiger partial charge in [-0.25, -0.2) is 0 Å². The average Bonchev–Trinajstić information content (AvgIpc) is 2.47. The van der Waals surface area contributed by atoms with Crippen LogP contribution < -0.4 is 4.74 Å². The lowest BCUT2D eigenvalue weighted by molar-refractivity contribution is -0.0654. The van der Waals surface area contributed by atoms with Crippen molar-refractivity contribution < 1.29 is 9.47 Å². The first-order valence-electron chi connectivity index (χ1n) is 6.29. The van der Waals surface area contributed by atoms with Crippen molar-refractivity contribution in [3.05, 3.63) is 72.5 Å². The molecular formula is C17H12O2. The van der Waals surface area contributed by atoms with E-state index >= 15 is 0 Å². The fraction of sp³-hybridized carbons (Fsp3) is 0.0588. The van der Waals surface area contributed by atoms with Crippen molar-refractivity contribution in [1.82, 2.24) is 0 Å². The number of fused-ring (bicyclic) bond motifs is 3. The Morgan fingerprint density at radius 3 is 2.74 bits per heavy atom. The first kappa shape index (κ1) is 10.4. The standard InChI is InChI=1S/C17H12O2/c1-2-6-14-13(5-1)7-8-16-15(14)9-11-17(19-16)10-3-4-12-18-17/h1-12H. The van der Waals surface area contributed by atoms with Crippen LogP contribution in [0.25, 0.3) is 16.8 Å². The lowest BCUT2D eigenvalue weighted by atomic mass is 9.99. The van der Waals surface area contributed by atoms with Crippen molar-refractivity contribution in [3.8, 4) is 5.75 Å². The SMILES string of the molecule is C1=COC2(C=C1)C=Cc1c(ccc3ccccc13)O2. The predicted molar refractivity (Wildman–Crippen MR) is 75.7 cm³/mol. The second-order valence-corrected chi connectivity index (χ2v) is 4.66. The minimum absolute atomic E-state index is 0.787. The van der Waals surface area contributed by atoms with Crippen LogP contribution in [0.15, 0.2) is 67.0 Å². The maximum Gasteiger partial charge on any atom is 0.291 e. The van der Waals surface area contributed by atoms with E-state index in [1.807, 2.05) is 42.5 Å². The van der Waals surface area contributed by atoms with Crippen molar-refractivity contribution in [3.63, 3.8) is 0 Å². The molecule has 2 aromatic carbocycles. The number of allylic oxidation sites excluding steroid dienone is 2. The van der Waals surface area contributed by atoms with Gasteiger partial charge in [-0.05, 0) is 29.0 Å². The summed E-state index contributed by atoms with van der Waals surface area (Å²) in [6.45, 7) is 0.